The highest BCUT2D eigenvalue weighted by Gasteiger charge is 2.35. The summed E-state index contributed by atoms with van der Waals surface area (Å²) in [6, 6.07) is 15.4. The second kappa shape index (κ2) is 7.82. The van der Waals surface area contributed by atoms with Crippen LogP contribution in [0.5, 0.6) is 5.75 Å². The molecule has 0 saturated carbocycles. The molecule has 3 aromatic rings. The molecule has 1 amide bonds. The minimum atomic E-state index is -0.268. The lowest BCUT2D eigenvalue weighted by Gasteiger charge is -2.38. The molecule has 1 N–H and O–H groups in total. The van der Waals surface area contributed by atoms with Gasteiger partial charge in [-0.3, -0.25) is 4.79 Å². The number of likely N-dealkylation sites (tertiary alicyclic amines) is 1. The molecule has 1 aromatic heterocycles. The first-order valence-electron chi connectivity index (χ1n) is 9.23. The lowest BCUT2D eigenvalue weighted by atomic mass is 10.1. The Balaban J connectivity index is 1.33. The molecule has 1 aliphatic rings. The largest absolute Gasteiger partial charge is 0.487 e. The molecule has 2 heterocycles. The topological polar surface area (TPSA) is 80.5 Å². The second-order valence-electron chi connectivity index (χ2n) is 6.85. The molecule has 144 valence electrons. The summed E-state index contributed by atoms with van der Waals surface area (Å²) >= 11 is 0. The van der Waals surface area contributed by atoms with Gasteiger partial charge in [0.1, 0.15) is 11.9 Å². The Hall–Kier alpha value is -3.19. The SMILES string of the molecule is CNCc1ccc(OC2CN(C(=O)c3nnc(-c4ccccc4)o3)C2)cc1C. The van der Waals surface area contributed by atoms with Gasteiger partial charge in [-0.25, -0.2) is 0 Å². The van der Waals surface area contributed by atoms with Gasteiger partial charge in [0.2, 0.25) is 5.89 Å². The van der Waals surface area contributed by atoms with Crippen LogP contribution >= 0.6 is 0 Å². The summed E-state index contributed by atoms with van der Waals surface area (Å²) in [5.41, 5.74) is 3.21. The van der Waals surface area contributed by atoms with Crippen LogP contribution in [0.2, 0.25) is 0 Å². The number of carbonyl (C=O) groups is 1. The average Bonchev–Trinajstić information content (AvgIpc) is 3.17. The van der Waals surface area contributed by atoms with Gasteiger partial charge >= 0.3 is 11.8 Å². The number of aryl methyl sites for hydroxylation is 1. The summed E-state index contributed by atoms with van der Waals surface area (Å²) in [5.74, 6) is 0.896. The van der Waals surface area contributed by atoms with Crippen LogP contribution in [-0.4, -0.2) is 47.2 Å². The smallest absolute Gasteiger partial charge is 0.311 e. The first-order valence-corrected chi connectivity index (χ1v) is 9.23. The first kappa shape index (κ1) is 18.2. The van der Waals surface area contributed by atoms with Crippen LogP contribution in [0.15, 0.2) is 52.9 Å². The average molecular weight is 378 g/mol. The van der Waals surface area contributed by atoms with Crippen molar-refractivity contribution in [3.05, 3.63) is 65.5 Å². The van der Waals surface area contributed by atoms with Gasteiger partial charge in [-0.15, -0.1) is 10.2 Å². The van der Waals surface area contributed by atoms with E-state index in [1.165, 1.54) is 11.1 Å². The summed E-state index contributed by atoms with van der Waals surface area (Å²) in [7, 11) is 1.93. The fourth-order valence-corrected chi connectivity index (χ4v) is 3.14. The number of amides is 1. The fourth-order valence-electron chi connectivity index (χ4n) is 3.14. The van der Waals surface area contributed by atoms with Gasteiger partial charge < -0.3 is 19.4 Å². The number of nitrogens with zero attached hydrogens (tertiary/aromatic N) is 3. The van der Waals surface area contributed by atoms with Crippen LogP contribution < -0.4 is 10.1 Å². The quantitative estimate of drug-likeness (QED) is 0.710. The van der Waals surface area contributed by atoms with E-state index in [4.69, 9.17) is 9.15 Å². The van der Waals surface area contributed by atoms with E-state index < -0.39 is 0 Å². The maximum Gasteiger partial charge on any atom is 0.311 e. The highest BCUT2D eigenvalue weighted by atomic mass is 16.5. The van der Waals surface area contributed by atoms with E-state index in [0.717, 1.165) is 17.9 Å². The second-order valence-corrected chi connectivity index (χ2v) is 6.85. The Morgan fingerprint density at radius 3 is 2.71 bits per heavy atom. The molecular formula is C21H22N4O3. The molecule has 2 aromatic carbocycles. The Kier molecular flexibility index (Phi) is 5.08. The Morgan fingerprint density at radius 1 is 1.21 bits per heavy atom. The zero-order valence-electron chi connectivity index (χ0n) is 15.9. The molecule has 28 heavy (non-hydrogen) atoms. The number of rotatable bonds is 6. The number of carbonyl (C=O) groups excluding carboxylic acids is 1. The van der Waals surface area contributed by atoms with Crippen molar-refractivity contribution in [3.8, 4) is 17.2 Å². The summed E-state index contributed by atoms with van der Waals surface area (Å²) in [4.78, 5) is 14.2. The summed E-state index contributed by atoms with van der Waals surface area (Å²) in [6.45, 7) is 3.89. The molecular weight excluding hydrogens is 356 g/mol. The predicted octanol–water partition coefficient (Wildman–Crippen LogP) is 2.67. The van der Waals surface area contributed by atoms with Crippen molar-refractivity contribution in [3.63, 3.8) is 0 Å². The Labute approximate surface area is 163 Å². The highest BCUT2D eigenvalue weighted by molar-refractivity contribution is 5.90. The summed E-state index contributed by atoms with van der Waals surface area (Å²) in [5, 5.41) is 11.0. The van der Waals surface area contributed by atoms with Gasteiger partial charge in [-0.1, -0.05) is 24.3 Å². The number of ether oxygens (including phenoxy) is 1. The van der Waals surface area contributed by atoms with E-state index in [1.807, 2.05) is 49.5 Å². The van der Waals surface area contributed by atoms with Gasteiger partial charge in [0.25, 0.3) is 0 Å². The molecule has 4 rings (SSSR count). The zero-order valence-corrected chi connectivity index (χ0v) is 15.9. The first-order chi connectivity index (χ1) is 13.6. The molecule has 7 nitrogen and oxygen atoms in total. The lowest BCUT2D eigenvalue weighted by Crippen LogP contribution is -2.56. The fraction of sp³-hybridized carbons (Fsp3) is 0.286. The van der Waals surface area contributed by atoms with E-state index in [0.29, 0.717) is 19.0 Å². The summed E-state index contributed by atoms with van der Waals surface area (Å²) < 4.78 is 11.5. The normalized spacial score (nSPS) is 14.0. The molecule has 0 spiro atoms. The Bertz CT molecular complexity index is 965. The van der Waals surface area contributed by atoms with E-state index in [2.05, 4.69) is 28.5 Å². The van der Waals surface area contributed by atoms with Crippen LogP contribution in [-0.2, 0) is 6.54 Å². The van der Waals surface area contributed by atoms with E-state index in [1.54, 1.807) is 4.90 Å². The van der Waals surface area contributed by atoms with Gasteiger partial charge in [0, 0.05) is 12.1 Å². The number of hydrogen-bond donors (Lipinski definition) is 1. The number of nitrogens with one attached hydrogen (secondary N) is 1. The van der Waals surface area contributed by atoms with Crippen molar-refractivity contribution >= 4 is 5.91 Å². The molecule has 7 heteroatoms. The minimum Gasteiger partial charge on any atom is -0.487 e. The monoisotopic (exact) mass is 378 g/mol. The third-order valence-corrected chi connectivity index (χ3v) is 4.75. The predicted molar refractivity (Wildman–Crippen MR) is 104 cm³/mol. The van der Waals surface area contributed by atoms with E-state index in [-0.39, 0.29) is 17.9 Å². The van der Waals surface area contributed by atoms with Crippen LogP contribution in [0.4, 0.5) is 0 Å². The highest BCUT2D eigenvalue weighted by Crippen LogP contribution is 2.23. The zero-order chi connectivity index (χ0) is 19.5. The van der Waals surface area contributed by atoms with Gasteiger partial charge in [-0.2, -0.15) is 0 Å². The Morgan fingerprint density at radius 2 is 2.00 bits per heavy atom. The van der Waals surface area contributed by atoms with Gasteiger partial charge in [-0.05, 0) is 49.4 Å². The molecule has 1 saturated heterocycles. The van der Waals surface area contributed by atoms with Crippen LogP contribution in [0.1, 0.15) is 21.8 Å². The third-order valence-electron chi connectivity index (χ3n) is 4.75. The van der Waals surface area contributed by atoms with Crippen LogP contribution in [0.25, 0.3) is 11.5 Å². The number of hydrogen-bond acceptors (Lipinski definition) is 6. The molecule has 0 bridgehead atoms. The third kappa shape index (κ3) is 3.75. The summed E-state index contributed by atoms with van der Waals surface area (Å²) in [6.07, 6.45) is -0.0324. The van der Waals surface area contributed by atoms with E-state index in [9.17, 15) is 4.79 Å². The van der Waals surface area contributed by atoms with Crippen molar-refractivity contribution in [2.24, 2.45) is 0 Å². The van der Waals surface area contributed by atoms with Crippen LogP contribution in [0.3, 0.4) is 0 Å². The van der Waals surface area contributed by atoms with Crippen molar-refractivity contribution in [1.29, 1.82) is 0 Å². The molecule has 0 aliphatic carbocycles. The van der Waals surface area contributed by atoms with Gasteiger partial charge in [0.15, 0.2) is 0 Å². The van der Waals surface area contributed by atoms with Gasteiger partial charge in [0.05, 0.1) is 13.1 Å². The standard InChI is InChI=1S/C21H22N4O3/c1-14-10-17(9-8-16(14)11-22-2)27-18-12-25(13-18)21(26)20-24-23-19(28-20)15-6-4-3-5-7-15/h3-10,18,22H,11-13H2,1-2H3. The van der Waals surface area contributed by atoms with E-state index >= 15 is 0 Å². The van der Waals surface area contributed by atoms with Crippen molar-refractivity contribution < 1.29 is 13.9 Å². The molecule has 1 fully saturated rings. The molecule has 0 unspecified atom stereocenters. The van der Waals surface area contributed by atoms with Crippen molar-refractivity contribution in [1.82, 2.24) is 20.4 Å². The number of aromatic nitrogens is 2. The number of benzene rings is 2. The maximum absolute atomic E-state index is 12.5. The maximum atomic E-state index is 12.5. The van der Waals surface area contributed by atoms with Crippen molar-refractivity contribution in [2.75, 3.05) is 20.1 Å². The van der Waals surface area contributed by atoms with Crippen LogP contribution in [0, 0.1) is 6.92 Å². The van der Waals surface area contributed by atoms with Crippen molar-refractivity contribution in [2.45, 2.75) is 19.6 Å². The molecule has 0 atom stereocenters. The lowest BCUT2D eigenvalue weighted by molar-refractivity contribution is 0.0149. The minimum absolute atomic E-state index is 0.00423. The molecule has 1 aliphatic heterocycles. The molecule has 0 radical (unpaired) electrons.